The second-order valence-corrected chi connectivity index (χ2v) is 12.9. The molecule has 1 aliphatic carbocycles. The highest BCUT2D eigenvalue weighted by Gasteiger charge is 2.37. The fourth-order valence-corrected chi connectivity index (χ4v) is 6.41. The average molecular weight is 676 g/mol. The predicted molar refractivity (Wildman–Crippen MR) is 159 cm³/mol. The molecule has 2 atom stereocenters. The molecule has 0 spiro atoms. The van der Waals surface area contributed by atoms with Gasteiger partial charge in [0.25, 0.3) is 0 Å². The van der Waals surface area contributed by atoms with E-state index in [0.29, 0.717) is 25.7 Å². The lowest BCUT2D eigenvalue weighted by atomic mass is 9.70. The molecule has 258 valence electrons. The van der Waals surface area contributed by atoms with Crippen molar-refractivity contribution in [2.75, 3.05) is 59.0 Å². The predicted octanol–water partition coefficient (Wildman–Crippen LogP) is 0.718. The van der Waals surface area contributed by atoms with Crippen molar-refractivity contribution in [3.63, 3.8) is 0 Å². The summed E-state index contributed by atoms with van der Waals surface area (Å²) in [5.41, 5.74) is 0.982. The zero-order valence-corrected chi connectivity index (χ0v) is 26.4. The SMILES string of the molecule is CC1(c2ccccc2)CCC(OP(=O)(O)OCC(CN(CCN(CC(=O)O)CC(=O)O)CC(=O)O)N(CC(=O)O)CC(=O)O)CC1. The normalized spacial score (nSPS) is 20.3. The van der Waals surface area contributed by atoms with Gasteiger partial charge in [0, 0.05) is 25.7 Å². The smallest absolute Gasteiger partial charge is 0.472 e. The topological polar surface area (TPSA) is 252 Å². The second-order valence-electron chi connectivity index (χ2n) is 11.5. The van der Waals surface area contributed by atoms with Gasteiger partial charge < -0.3 is 30.4 Å². The largest absolute Gasteiger partial charge is 0.480 e. The Hall–Kier alpha value is -3.44. The van der Waals surface area contributed by atoms with E-state index >= 15 is 0 Å². The lowest BCUT2D eigenvalue weighted by Crippen LogP contribution is -2.52. The van der Waals surface area contributed by atoms with Crippen molar-refractivity contribution in [2.24, 2.45) is 0 Å². The molecule has 1 aliphatic rings. The Morgan fingerprint density at radius 3 is 1.74 bits per heavy atom. The van der Waals surface area contributed by atoms with Crippen LogP contribution in [0, 0.1) is 0 Å². The summed E-state index contributed by atoms with van der Waals surface area (Å²) in [6.07, 6.45) is 1.60. The molecule has 0 bridgehead atoms. The van der Waals surface area contributed by atoms with E-state index in [1.807, 2.05) is 30.3 Å². The van der Waals surface area contributed by atoms with E-state index in [-0.39, 0.29) is 18.5 Å². The third-order valence-electron chi connectivity index (χ3n) is 7.69. The first-order valence-electron chi connectivity index (χ1n) is 14.5. The molecule has 46 heavy (non-hydrogen) atoms. The molecule has 2 rings (SSSR count). The number of rotatable bonds is 22. The number of aliphatic carboxylic acids is 5. The van der Waals surface area contributed by atoms with E-state index in [1.165, 1.54) is 4.90 Å². The molecule has 0 saturated heterocycles. The molecule has 1 aromatic rings. The van der Waals surface area contributed by atoms with E-state index in [9.17, 15) is 48.8 Å². The van der Waals surface area contributed by atoms with E-state index in [4.69, 9.17) is 19.3 Å². The molecular formula is C28H42N3O14P. The van der Waals surface area contributed by atoms with Gasteiger partial charge in [-0.3, -0.25) is 47.7 Å². The van der Waals surface area contributed by atoms with Gasteiger partial charge in [0.15, 0.2) is 0 Å². The van der Waals surface area contributed by atoms with Crippen LogP contribution < -0.4 is 0 Å². The summed E-state index contributed by atoms with van der Waals surface area (Å²) in [5.74, 6) is -6.86. The number of nitrogens with zero attached hydrogens (tertiary/aromatic N) is 3. The summed E-state index contributed by atoms with van der Waals surface area (Å²) in [4.78, 5) is 70.8. The molecule has 0 heterocycles. The zero-order chi connectivity index (χ0) is 34.5. The first-order chi connectivity index (χ1) is 21.5. The zero-order valence-electron chi connectivity index (χ0n) is 25.5. The van der Waals surface area contributed by atoms with Crippen LogP contribution >= 0.6 is 7.82 Å². The van der Waals surface area contributed by atoms with Gasteiger partial charge in [0.05, 0.1) is 45.4 Å². The summed E-state index contributed by atoms with van der Waals surface area (Å²) in [6, 6.07) is 8.56. The van der Waals surface area contributed by atoms with Crippen molar-refractivity contribution < 1.29 is 68.0 Å². The highest BCUT2D eigenvalue weighted by atomic mass is 31.2. The van der Waals surface area contributed by atoms with Gasteiger partial charge in [-0.1, -0.05) is 37.3 Å². The van der Waals surface area contributed by atoms with Crippen LogP contribution in [0.25, 0.3) is 0 Å². The Kier molecular flexibility index (Phi) is 15.2. The summed E-state index contributed by atoms with van der Waals surface area (Å²) >= 11 is 0. The summed E-state index contributed by atoms with van der Waals surface area (Å²) in [7, 11) is -4.77. The van der Waals surface area contributed by atoms with Crippen LogP contribution in [0.3, 0.4) is 0 Å². The Balaban J connectivity index is 2.18. The van der Waals surface area contributed by atoms with E-state index in [2.05, 4.69) is 6.92 Å². The number of hydrogen-bond acceptors (Lipinski definition) is 11. The minimum Gasteiger partial charge on any atom is -0.480 e. The van der Waals surface area contributed by atoms with Crippen LogP contribution in [0.15, 0.2) is 30.3 Å². The molecule has 0 amide bonds. The first kappa shape index (κ1) is 38.7. The van der Waals surface area contributed by atoms with Gasteiger partial charge in [-0.2, -0.15) is 0 Å². The molecule has 0 radical (unpaired) electrons. The minimum absolute atomic E-state index is 0.154. The molecule has 18 heteroatoms. The Bertz CT molecular complexity index is 1210. The van der Waals surface area contributed by atoms with Crippen LogP contribution in [-0.4, -0.2) is 146 Å². The Morgan fingerprint density at radius 2 is 1.26 bits per heavy atom. The molecule has 17 nitrogen and oxygen atoms in total. The van der Waals surface area contributed by atoms with Crippen molar-refractivity contribution in [2.45, 2.75) is 50.2 Å². The maximum atomic E-state index is 13.0. The van der Waals surface area contributed by atoms with Gasteiger partial charge in [0.1, 0.15) is 0 Å². The quantitative estimate of drug-likeness (QED) is 0.0926. The fraction of sp³-hybridized carbons (Fsp3) is 0.607. The lowest BCUT2D eigenvalue weighted by Gasteiger charge is -2.38. The standard InChI is InChI=1S/C28H42N3O14P/c1-28(20-5-3-2-4-6-20)9-7-22(8-10-28)45-46(42,43)44-19-21(31(17-26(38)39)18-27(40)41)13-29(14-23(32)33)11-12-30(15-24(34)35)16-25(36)37/h2-6,21-22H,7-19H2,1H3,(H,32,33)(H,34,35)(H,36,37)(H,38,39)(H,40,41)(H,42,43). The number of carboxylic acid groups (broad SMARTS) is 5. The summed E-state index contributed by atoms with van der Waals surface area (Å²) < 4.78 is 23.7. The molecule has 1 fully saturated rings. The number of phosphoric acid groups is 1. The minimum atomic E-state index is -4.77. The third kappa shape index (κ3) is 14.3. The van der Waals surface area contributed by atoms with Gasteiger partial charge in [0.2, 0.25) is 0 Å². The van der Waals surface area contributed by atoms with E-state index < -0.39 is 95.7 Å². The Labute approximate surface area is 265 Å². The van der Waals surface area contributed by atoms with E-state index in [0.717, 1.165) is 15.4 Å². The molecule has 2 unspecified atom stereocenters. The van der Waals surface area contributed by atoms with Crippen LogP contribution in [0.1, 0.15) is 38.2 Å². The highest BCUT2D eigenvalue weighted by molar-refractivity contribution is 7.47. The van der Waals surface area contributed by atoms with Crippen molar-refractivity contribution >= 4 is 37.7 Å². The lowest BCUT2D eigenvalue weighted by molar-refractivity contribution is -0.145. The van der Waals surface area contributed by atoms with Crippen LogP contribution in [0.2, 0.25) is 0 Å². The number of carboxylic acids is 5. The van der Waals surface area contributed by atoms with Gasteiger partial charge >= 0.3 is 37.7 Å². The van der Waals surface area contributed by atoms with Crippen molar-refractivity contribution in [1.82, 2.24) is 14.7 Å². The second kappa shape index (κ2) is 18.0. The number of phosphoric ester groups is 1. The molecular weight excluding hydrogens is 633 g/mol. The van der Waals surface area contributed by atoms with Crippen LogP contribution in [0.4, 0.5) is 0 Å². The maximum Gasteiger partial charge on any atom is 0.472 e. The molecule has 6 N–H and O–H groups in total. The molecule has 0 aliphatic heterocycles. The van der Waals surface area contributed by atoms with E-state index in [1.54, 1.807) is 0 Å². The first-order valence-corrected chi connectivity index (χ1v) is 16.0. The third-order valence-corrected chi connectivity index (χ3v) is 8.73. The summed E-state index contributed by atoms with van der Waals surface area (Å²) in [6.45, 7) is -3.20. The van der Waals surface area contributed by atoms with Crippen molar-refractivity contribution in [3.8, 4) is 0 Å². The monoisotopic (exact) mass is 675 g/mol. The van der Waals surface area contributed by atoms with Crippen LogP contribution in [0.5, 0.6) is 0 Å². The average Bonchev–Trinajstić information content (AvgIpc) is 2.93. The number of carbonyl (C=O) groups is 5. The van der Waals surface area contributed by atoms with Gasteiger partial charge in [-0.25, -0.2) is 4.57 Å². The van der Waals surface area contributed by atoms with Crippen molar-refractivity contribution in [3.05, 3.63) is 35.9 Å². The molecule has 1 aromatic carbocycles. The molecule has 1 saturated carbocycles. The highest BCUT2D eigenvalue weighted by Crippen LogP contribution is 2.49. The fourth-order valence-electron chi connectivity index (χ4n) is 5.40. The van der Waals surface area contributed by atoms with Gasteiger partial charge in [-0.05, 0) is 36.7 Å². The van der Waals surface area contributed by atoms with Crippen molar-refractivity contribution in [1.29, 1.82) is 0 Å². The maximum absolute atomic E-state index is 13.0. The van der Waals surface area contributed by atoms with Crippen LogP contribution in [-0.2, 0) is 43.0 Å². The molecule has 0 aromatic heterocycles. The van der Waals surface area contributed by atoms with Gasteiger partial charge in [-0.15, -0.1) is 0 Å². The summed E-state index contributed by atoms with van der Waals surface area (Å²) in [5, 5.41) is 46.5. The Morgan fingerprint density at radius 1 is 0.804 bits per heavy atom. The number of benzene rings is 1. The number of hydrogen-bond donors (Lipinski definition) is 6.